The summed E-state index contributed by atoms with van der Waals surface area (Å²) >= 11 is 3.37. The van der Waals surface area contributed by atoms with Crippen molar-refractivity contribution in [3.8, 4) is 11.4 Å². The molecule has 4 nitrogen and oxygen atoms in total. The Hall–Kier alpha value is -2.28. The van der Waals surface area contributed by atoms with E-state index in [2.05, 4.69) is 71.1 Å². The maximum Gasteiger partial charge on any atom is 0.240 e. The maximum atomic E-state index is 5.43. The quantitative estimate of drug-likeness (QED) is 0.426. The van der Waals surface area contributed by atoms with Crippen LogP contribution >= 0.6 is 22.7 Å². The van der Waals surface area contributed by atoms with Crippen LogP contribution in [0.5, 0.6) is 0 Å². The monoisotopic (exact) mass is 395 g/mol. The molecule has 4 aromatic rings. The zero-order chi connectivity index (χ0) is 18.6. The van der Waals surface area contributed by atoms with Crippen LogP contribution in [0.3, 0.4) is 0 Å². The van der Waals surface area contributed by atoms with Crippen molar-refractivity contribution < 1.29 is 4.52 Å². The molecule has 1 N–H and O–H groups in total. The number of hydrogen-bond donors (Lipinski definition) is 1. The standard InChI is InChI=1S/C21H21N3OS2/c1-14(2)15-5-7-16(8-6-15)20(18-4-3-10-27-18)22-12-19-23-21(24-25-19)17-9-11-26-13-17/h3-11,13-14,20,22H,12H2,1-2H3. The van der Waals surface area contributed by atoms with Gasteiger partial charge in [0, 0.05) is 15.8 Å². The van der Waals surface area contributed by atoms with Crippen molar-refractivity contribution >= 4 is 22.7 Å². The molecule has 0 saturated heterocycles. The molecule has 4 rings (SSSR count). The number of aromatic nitrogens is 2. The van der Waals surface area contributed by atoms with Crippen molar-refractivity contribution in [3.05, 3.63) is 80.5 Å². The van der Waals surface area contributed by atoms with Gasteiger partial charge in [0.2, 0.25) is 11.7 Å². The van der Waals surface area contributed by atoms with Gasteiger partial charge in [-0.15, -0.1) is 11.3 Å². The lowest BCUT2D eigenvalue weighted by molar-refractivity contribution is 0.363. The Morgan fingerprint density at radius 1 is 1.04 bits per heavy atom. The largest absolute Gasteiger partial charge is 0.338 e. The fraction of sp³-hybridized carbons (Fsp3) is 0.238. The van der Waals surface area contributed by atoms with Gasteiger partial charge in [-0.1, -0.05) is 49.3 Å². The molecule has 138 valence electrons. The zero-order valence-electron chi connectivity index (χ0n) is 15.3. The molecule has 0 aliphatic heterocycles. The second-order valence-electron chi connectivity index (χ2n) is 6.67. The predicted octanol–water partition coefficient (Wildman–Crippen LogP) is 5.86. The Morgan fingerprint density at radius 2 is 1.85 bits per heavy atom. The predicted molar refractivity (Wildman–Crippen MR) is 111 cm³/mol. The van der Waals surface area contributed by atoms with Gasteiger partial charge < -0.3 is 4.52 Å². The Balaban J connectivity index is 1.52. The van der Waals surface area contributed by atoms with Crippen molar-refractivity contribution in [2.45, 2.75) is 32.4 Å². The van der Waals surface area contributed by atoms with Crippen LogP contribution in [0, 0.1) is 0 Å². The summed E-state index contributed by atoms with van der Waals surface area (Å²) in [7, 11) is 0. The van der Waals surface area contributed by atoms with E-state index >= 15 is 0 Å². The SMILES string of the molecule is CC(C)c1ccc(C(NCc2nc(-c3ccsc3)no2)c2cccs2)cc1. The van der Waals surface area contributed by atoms with E-state index in [1.165, 1.54) is 16.0 Å². The molecule has 0 bridgehead atoms. The summed E-state index contributed by atoms with van der Waals surface area (Å²) in [4.78, 5) is 5.78. The molecule has 27 heavy (non-hydrogen) atoms. The number of thiophene rings is 2. The van der Waals surface area contributed by atoms with Gasteiger partial charge in [-0.05, 0) is 39.9 Å². The lowest BCUT2D eigenvalue weighted by Crippen LogP contribution is -2.21. The third-order valence-electron chi connectivity index (χ3n) is 4.47. The molecule has 0 radical (unpaired) electrons. The van der Waals surface area contributed by atoms with Gasteiger partial charge in [0.25, 0.3) is 0 Å². The number of nitrogens with zero attached hydrogens (tertiary/aromatic N) is 2. The first-order chi connectivity index (χ1) is 13.2. The molecule has 0 fully saturated rings. The fourth-order valence-corrected chi connectivity index (χ4v) is 4.40. The first-order valence-corrected chi connectivity index (χ1v) is 10.7. The van der Waals surface area contributed by atoms with Crippen LogP contribution in [-0.2, 0) is 6.54 Å². The molecule has 1 atom stereocenters. The first kappa shape index (κ1) is 18.1. The second-order valence-corrected chi connectivity index (χ2v) is 8.43. The summed E-state index contributed by atoms with van der Waals surface area (Å²) < 4.78 is 5.43. The highest BCUT2D eigenvalue weighted by Gasteiger charge is 2.17. The molecule has 1 aromatic carbocycles. The van der Waals surface area contributed by atoms with Crippen molar-refractivity contribution in [1.29, 1.82) is 0 Å². The molecule has 0 amide bonds. The van der Waals surface area contributed by atoms with E-state index in [0.717, 1.165) is 5.56 Å². The minimum absolute atomic E-state index is 0.0997. The van der Waals surface area contributed by atoms with Crippen LogP contribution in [0.2, 0.25) is 0 Å². The highest BCUT2D eigenvalue weighted by molar-refractivity contribution is 7.10. The average molecular weight is 396 g/mol. The molecule has 0 aliphatic carbocycles. The van der Waals surface area contributed by atoms with Crippen LogP contribution in [0.15, 0.2) is 63.1 Å². The van der Waals surface area contributed by atoms with Crippen LogP contribution in [-0.4, -0.2) is 10.1 Å². The second kappa shape index (κ2) is 8.17. The van der Waals surface area contributed by atoms with Crippen LogP contribution < -0.4 is 5.32 Å². The number of rotatable bonds is 7. The summed E-state index contributed by atoms with van der Waals surface area (Å²) in [5.74, 6) is 1.76. The smallest absolute Gasteiger partial charge is 0.240 e. The average Bonchev–Trinajstić information content (AvgIpc) is 3.44. The van der Waals surface area contributed by atoms with Crippen LogP contribution in [0.25, 0.3) is 11.4 Å². The lowest BCUT2D eigenvalue weighted by atomic mass is 9.98. The van der Waals surface area contributed by atoms with Crippen LogP contribution in [0.4, 0.5) is 0 Å². The van der Waals surface area contributed by atoms with Gasteiger partial charge in [-0.2, -0.15) is 16.3 Å². The molecule has 0 aliphatic rings. The Kier molecular flexibility index (Phi) is 5.48. The summed E-state index contributed by atoms with van der Waals surface area (Å²) in [5, 5.41) is 13.8. The van der Waals surface area contributed by atoms with Gasteiger partial charge in [-0.25, -0.2) is 0 Å². The topological polar surface area (TPSA) is 51.0 Å². The van der Waals surface area contributed by atoms with E-state index in [1.54, 1.807) is 22.7 Å². The molecule has 0 saturated carbocycles. The molecule has 1 unspecified atom stereocenters. The van der Waals surface area contributed by atoms with Crippen molar-refractivity contribution in [2.24, 2.45) is 0 Å². The number of benzene rings is 1. The molecular formula is C21H21N3OS2. The van der Waals surface area contributed by atoms with Gasteiger partial charge in [0.05, 0.1) is 12.6 Å². The van der Waals surface area contributed by atoms with E-state index in [9.17, 15) is 0 Å². The lowest BCUT2D eigenvalue weighted by Gasteiger charge is -2.18. The van der Waals surface area contributed by atoms with Crippen LogP contribution in [0.1, 0.15) is 47.7 Å². The summed E-state index contributed by atoms with van der Waals surface area (Å²) in [5.41, 5.74) is 3.58. The third-order valence-corrected chi connectivity index (χ3v) is 6.09. The molecule has 3 aromatic heterocycles. The fourth-order valence-electron chi connectivity index (χ4n) is 2.94. The molecule has 3 heterocycles. The highest BCUT2D eigenvalue weighted by atomic mass is 32.1. The zero-order valence-corrected chi connectivity index (χ0v) is 16.9. The van der Waals surface area contributed by atoms with Crippen molar-refractivity contribution in [3.63, 3.8) is 0 Å². The minimum atomic E-state index is 0.0997. The molecule has 6 heteroatoms. The van der Waals surface area contributed by atoms with Gasteiger partial charge in [0.15, 0.2) is 0 Å². The Labute approximate surface area is 166 Å². The Morgan fingerprint density at radius 3 is 2.52 bits per heavy atom. The molecule has 0 spiro atoms. The Bertz CT molecular complexity index is 957. The van der Waals surface area contributed by atoms with E-state index in [1.807, 2.05) is 16.8 Å². The van der Waals surface area contributed by atoms with E-state index in [-0.39, 0.29) is 6.04 Å². The summed E-state index contributed by atoms with van der Waals surface area (Å²) in [6.45, 7) is 4.95. The van der Waals surface area contributed by atoms with Crippen molar-refractivity contribution in [1.82, 2.24) is 15.5 Å². The summed E-state index contributed by atoms with van der Waals surface area (Å²) in [6.07, 6.45) is 0. The highest BCUT2D eigenvalue weighted by Crippen LogP contribution is 2.28. The van der Waals surface area contributed by atoms with E-state index < -0.39 is 0 Å². The first-order valence-electron chi connectivity index (χ1n) is 8.92. The normalized spacial score (nSPS) is 12.6. The van der Waals surface area contributed by atoms with Crippen molar-refractivity contribution in [2.75, 3.05) is 0 Å². The number of nitrogens with one attached hydrogen (secondary N) is 1. The number of hydrogen-bond acceptors (Lipinski definition) is 6. The third kappa shape index (κ3) is 4.18. The minimum Gasteiger partial charge on any atom is -0.338 e. The van der Waals surface area contributed by atoms with E-state index in [4.69, 9.17) is 4.52 Å². The van der Waals surface area contributed by atoms with Gasteiger partial charge in [0.1, 0.15) is 0 Å². The maximum absolute atomic E-state index is 5.43. The summed E-state index contributed by atoms with van der Waals surface area (Å²) in [6, 6.07) is 15.2. The van der Waals surface area contributed by atoms with Gasteiger partial charge >= 0.3 is 0 Å². The molecular weight excluding hydrogens is 374 g/mol. The van der Waals surface area contributed by atoms with Gasteiger partial charge in [-0.3, -0.25) is 5.32 Å². The van der Waals surface area contributed by atoms with E-state index in [0.29, 0.717) is 24.2 Å².